The molecule has 0 atom stereocenters. The van der Waals surface area contributed by atoms with Gasteiger partial charge < -0.3 is 11.1 Å². The van der Waals surface area contributed by atoms with Crippen molar-refractivity contribution in [1.82, 2.24) is 0 Å². The minimum Gasteiger partial charge on any atom is -0.397 e. The van der Waals surface area contributed by atoms with E-state index in [1.807, 2.05) is 12.1 Å². The molecule has 1 fully saturated rings. The monoisotopic (exact) mass is 232 g/mol. The van der Waals surface area contributed by atoms with Crippen LogP contribution in [0, 0.1) is 23.7 Å². The molecule has 0 bridgehead atoms. The molecule has 0 spiro atoms. The quantitative estimate of drug-likeness (QED) is 0.780. The SMILES string of the molecule is Cc1ccc(N)c(NCC2C(C)(C)C2(C)C)c1. The Morgan fingerprint density at radius 1 is 1.18 bits per heavy atom. The van der Waals surface area contributed by atoms with Gasteiger partial charge in [-0.15, -0.1) is 0 Å². The Labute approximate surface area is 105 Å². The maximum Gasteiger partial charge on any atom is 0.0576 e. The minimum atomic E-state index is 0.429. The van der Waals surface area contributed by atoms with Gasteiger partial charge in [0.25, 0.3) is 0 Å². The molecule has 94 valence electrons. The van der Waals surface area contributed by atoms with Crippen LogP contribution in [-0.2, 0) is 0 Å². The summed E-state index contributed by atoms with van der Waals surface area (Å²) in [6.45, 7) is 12.5. The molecule has 1 aliphatic rings. The predicted octanol–water partition coefficient (Wildman–Crippen LogP) is 3.67. The molecule has 1 aromatic rings. The highest BCUT2D eigenvalue weighted by Crippen LogP contribution is 2.68. The van der Waals surface area contributed by atoms with Gasteiger partial charge in [-0.2, -0.15) is 0 Å². The Morgan fingerprint density at radius 3 is 2.29 bits per heavy atom. The van der Waals surface area contributed by atoms with E-state index in [0.717, 1.165) is 23.8 Å². The van der Waals surface area contributed by atoms with Crippen LogP contribution in [0.15, 0.2) is 18.2 Å². The fraction of sp³-hybridized carbons (Fsp3) is 0.600. The number of anilines is 2. The maximum absolute atomic E-state index is 5.97. The van der Waals surface area contributed by atoms with Crippen molar-refractivity contribution in [3.63, 3.8) is 0 Å². The van der Waals surface area contributed by atoms with Gasteiger partial charge in [-0.1, -0.05) is 33.8 Å². The van der Waals surface area contributed by atoms with Crippen LogP contribution in [0.25, 0.3) is 0 Å². The van der Waals surface area contributed by atoms with E-state index in [1.54, 1.807) is 0 Å². The standard InChI is InChI=1S/C15H24N2/c1-10-6-7-11(16)12(8-10)17-9-13-14(2,3)15(13,4)5/h6-8,13,17H,9,16H2,1-5H3. The van der Waals surface area contributed by atoms with Crippen molar-refractivity contribution in [3.05, 3.63) is 23.8 Å². The number of rotatable bonds is 3. The van der Waals surface area contributed by atoms with Gasteiger partial charge in [0.2, 0.25) is 0 Å². The molecule has 1 saturated carbocycles. The molecular formula is C15H24N2. The Kier molecular flexibility index (Phi) is 2.64. The Morgan fingerprint density at radius 2 is 1.76 bits per heavy atom. The van der Waals surface area contributed by atoms with Crippen molar-refractivity contribution in [2.45, 2.75) is 34.6 Å². The van der Waals surface area contributed by atoms with Crippen molar-refractivity contribution >= 4 is 11.4 Å². The highest BCUT2D eigenvalue weighted by molar-refractivity contribution is 5.67. The molecule has 1 aliphatic carbocycles. The highest BCUT2D eigenvalue weighted by atomic mass is 14.9. The van der Waals surface area contributed by atoms with E-state index in [9.17, 15) is 0 Å². The zero-order chi connectivity index (χ0) is 12.8. The summed E-state index contributed by atoms with van der Waals surface area (Å²) in [4.78, 5) is 0. The molecule has 0 heterocycles. The number of hydrogen-bond donors (Lipinski definition) is 2. The summed E-state index contributed by atoms with van der Waals surface area (Å²) in [6, 6.07) is 6.14. The Hall–Kier alpha value is -1.18. The number of nitrogens with one attached hydrogen (secondary N) is 1. The van der Waals surface area contributed by atoms with Gasteiger partial charge in [0.15, 0.2) is 0 Å². The molecular weight excluding hydrogens is 208 g/mol. The second kappa shape index (κ2) is 3.66. The largest absolute Gasteiger partial charge is 0.397 e. The molecule has 0 aromatic heterocycles. The topological polar surface area (TPSA) is 38.0 Å². The van der Waals surface area contributed by atoms with Crippen LogP contribution in [0.1, 0.15) is 33.3 Å². The third kappa shape index (κ3) is 1.90. The second-order valence-corrected chi connectivity index (χ2v) is 6.47. The smallest absolute Gasteiger partial charge is 0.0576 e. The van der Waals surface area contributed by atoms with E-state index in [2.05, 4.69) is 46.0 Å². The number of nitrogens with two attached hydrogens (primary N) is 1. The zero-order valence-electron chi connectivity index (χ0n) is 11.6. The summed E-state index contributed by atoms with van der Waals surface area (Å²) in [5.41, 5.74) is 9.99. The average molecular weight is 232 g/mol. The van der Waals surface area contributed by atoms with Gasteiger partial charge in [-0.3, -0.25) is 0 Å². The van der Waals surface area contributed by atoms with Crippen LogP contribution in [0.5, 0.6) is 0 Å². The number of benzene rings is 1. The molecule has 1 aromatic carbocycles. The molecule has 17 heavy (non-hydrogen) atoms. The van der Waals surface area contributed by atoms with Crippen molar-refractivity contribution in [2.24, 2.45) is 16.7 Å². The van der Waals surface area contributed by atoms with Crippen LogP contribution in [0.3, 0.4) is 0 Å². The van der Waals surface area contributed by atoms with Crippen LogP contribution >= 0.6 is 0 Å². The molecule has 0 unspecified atom stereocenters. The lowest BCUT2D eigenvalue weighted by atomic mass is 10.0. The molecule has 2 nitrogen and oxygen atoms in total. The van der Waals surface area contributed by atoms with Gasteiger partial charge in [0.05, 0.1) is 11.4 Å². The van der Waals surface area contributed by atoms with E-state index in [0.29, 0.717) is 10.8 Å². The van der Waals surface area contributed by atoms with E-state index in [1.165, 1.54) is 5.56 Å². The summed E-state index contributed by atoms with van der Waals surface area (Å²) in [6.07, 6.45) is 0. The van der Waals surface area contributed by atoms with Gasteiger partial charge in [-0.05, 0) is 41.4 Å². The lowest BCUT2D eigenvalue weighted by molar-refractivity contribution is 0.457. The molecule has 2 heteroatoms. The van der Waals surface area contributed by atoms with Gasteiger partial charge in [0, 0.05) is 6.54 Å². The van der Waals surface area contributed by atoms with Crippen LogP contribution in [0.2, 0.25) is 0 Å². The van der Waals surface area contributed by atoms with Crippen LogP contribution in [0.4, 0.5) is 11.4 Å². The molecule has 0 aliphatic heterocycles. The first-order valence-corrected chi connectivity index (χ1v) is 6.37. The van der Waals surface area contributed by atoms with Crippen LogP contribution in [-0.4, -0.2) is 6.54 Å². The van der Waals surface area contributed by atoms with E-state index in [4.69, 9.17) is 5.73 Å². The molecule has 2 rings (SSSR count). The van der Waals surface area contributed by atoms with E-state index in [-0.39, 0.29) is 0 Å². The number of hydrogen-bond acceptors (Lipinski definition) is 2. The van der Waals surface area contributed by atoms with E-state index >= 15 is 0 Å². The number of nitrogen functional groups attached to an aromatic ring is 1. The maximum atomic E-state index is 5.97. The Balaban J connectivity index is 2.03. The molecule has 3 N–H and O–H groups in total. The second-order valence-electron chi connectivity index (χ2n) is 6.47. The lowest BCUT2D eigenvalue weighted by Gasteiger charge is -2.11. The first-order valence-electron chi connectivity index (χ1n) is 6.37. The summed E-state index contributed by atoms with van der Waals surface area (Å²) in [7, 11) is 0. The summed E-state index contributed by atoms with van der Waals surface area (Å²) < 4.78 is 0. The first kappa shape index (κ1) is 12.3. The molecule has 0 radical (unpaired) electrons. The third-order valence-corrected chi connectivity index (χ3v) is 5.03. The van der Waals surface area contributed by atoms with Crippen molar-refractivity contribution in [1.29, 1.82) is 0 Å². The number of aryl methyl sites for hydroxylation is 1. The lowest BCUT2D eigenvalue weighted by Crippen LogP contribution is -2.09. The molecule has 0 amide bonds. The average Bonchev–Trinajstić information content (AvgIpc) is 2.60. The summed E-state index contributed by atoms with van der Waals surface area (Å²) in [5.74, 6) is 0.718. The molecule has 0 saturated heterocycles. The Bertz CT molecular complexity index is 419. The summed E-state index contributed by atoms with van der Waals surface area (Å²) in [5, 5.41) is 3.50. The van der Waals surface area contributed by atoms with Gasteiger partial charge in [0.1, 0.15) is 0 Å². The first-order chi connectivity index (χ1) is 7.76. The highest BCUT2D eigenvalue weighted by Gasteiger charge is 2.63. The fourth-order valence-electron chi connectivity index (χ4n) is 2.88. The normalized spacial score (nSPS) is 21.2. The minimum absolute atomic E-state index is 0.429. The zero-order valence-corrected chi connectivity index (χ0v) is 11.6. The third-order valence-electron chi connectivity index (χ3n) is 5.03. The van der Waals surface area contributed by atoms with Gasteiger partial charge in [-0.25, -0.2) is 0 Å². The van der Waals surface area contributed by atoms with Crippen LogP contribution < -0.4 is 11.1 Å². The summed E-state index contributed by atoms with van der Waals surface area (Å²) >= 11 is 0. The predicted molar refractivity (Wildman–Crippen MR) is 75.1 cm³/mol. The van der Waals surface area contributed by atoms with E-state index < -0.39 is 0 Å². The fourth-order valence-corrected chi connectivity index (χ4v) is 2.88. The van der Waals surface area contributed by atoms with Crippen molar-refractivity contribution < 1.29 is 0 Å². The van der Waals surface area contributed by atoms with Gasteiger partial charge >= 0.3 is 0 Å². The van der Waals surface area contributed by atoms with Crippen molar-refractivity contribution in [2.75, 3.05) is 17.6 Å². The van der Waals surface area contributed by atoms with Crippen molar-refractivity contribution in [3.8, 4) is 0 Å².